The Hall–Kier alpha value is -1.84. The number of aromatic nitrogens is 2. The number of anilines is 1. The van der Waals surface area contributed by atoms with Crippen LogP contribution in [0.25, 0.3) is 10.6 Å². The van der Waals surface area contributed by atoms with E-state index in [0.717, 1.165) is 10.6 Å². The standard InChI is InChI=1S/C14H16N4O3S2/c1-7-11(23-14(15-7)16-8(2)19)10-6-22-12(17-10)13(21)18-4-3-9(20)5-18/h6,9,20H,3-5H2,1-2H3,(H,15,16,19). The van der Waals surface area contributed by atoms with Crippen LogP contribution in [0.3, 0.4) is 0 Å². The third kappa shape index (κ3) is 3.41. The van der Waals surface area contributed by atoms with Crippen molar-refractivity contribution in [2.45, 2.75) is 26.4 Å². The average Bonchev–Trinajstić information content (AvgIpc) is 3.17. The molecule has 0 aliphatic carbocycles. The summed E-state index contributed by atoms with van der Waals surface area (Å²) >= 11 is 2.61. The summed E-state index contributed by atoms with van der Waals surface area (Å²) in [5.41, 5.74) is 1.45. The minimum atomic E-state index is -0.442. The molecule has 1 saturated heterocycles. The van der Waals surface area contributed by atoms with Crippen molar-refractivity contribution in [1.29, 1.82) is 0 Å². The molecule has 1 fully saturated rings. The number of aryl methyl sites for hydroxylation is 1. The molecule has 7 nitrogen and oxygen atoms in total. The minimum Gasteiger partial charge on any atom is -0.391 e. The smallest absolute Gasteiger partial charge is 0.282 e. The average molecular weight is 352 g/mol. The molecule has 1 unspecified atom stereocenters. The topological polar surface area (TPSA) is 95.4 Å². The predicted molar refractivity (Wildman–Crippen MR) is 88.8 cm³/mol. The molecule has 1 aliphatic heterocycles. The van der Waals surface area contributed by atoms with Gasteiger partial charge in [0.05, 0.1) is 22.4 Å². The van der Waals surface area contributed by atoms with Gasteiger partial charge in [0.25, 0.3) is 5.91 Å². The molecule has 3 rings (SSSR count). The van der Waals surface area contributed by atoms with Crippen LogP contribution in [0.1, 0.15) is 28.8 Å². The van der Waals surface area contributed by atoms with Crippen molar-refractivity contribution in [1.82, 2.24) is 14.9 Å². The second-order valence-electron chi connectivity index (χ2n) is 5.35. The van der Waals surface area contributed by atoms with Gasteiger partial charge in [0.2, 0.25) is 5.91 Å². The van der Waals surface area contributed by atoms with Crippen LogP contribution in [-0.4, -0.2) is 51.0 Å². The molecular weight excluding hydrogens is 336 g/mol. The van der Waals surface area contributed by atoms with Crippen LogP contribution in [0, 0.1) is 6.92 Å². The van der Waals surface area contributed by atoms with E-state index in [1.807, 2.05) is 12.3 Å². The molecule has 0 bridgehead atoms. The molecule has 1 aliphatic rings. The summed E-state index contributed by atoms with van der Waals surface area (Å²) in [5, 5.41) is 14.9. The second kappa shape index (κ2) is 6.34. The van der Waals surface area contributed by atoms with Crippen molar-refractivity contribution >= 4 is 39.6 Å². The van der Waals surface area contributed by atoms with Crippen LogP contribution in [0.15, 0.2) is 5.38 Å². The van der Waals surface area contributed by atoms with Gasteiger partial charge in [-0.2, -0.15) is 0 Å². The lowest BCUT2D eigenvalue weighted by atomic mass is 10.3. The molecule has 9 heteroatoms. The quantitative estimate of drug-likeness (QED) is 0.877. The molecule has 2 aromatic heterocycles. The van der Waals surface area contributed by atoms with Crippen LogP contribution < -0.4 is 5.32 Å². The van der Waals surface area contributed by atoms with Crippen molar-refractivity contribution in [3.63, 3.8) is 0 Å². The number of rotatable bonds is 3. The summed E-state index contributed by atoms with van der Waals surface area (Å²) in [6.45, 7) is 4.19. The molecule has 3 heterocycles. The highest BCUT2D eigenvalue weighted by molar-refractivity contribution is 7.19. The highest BCUT2D eigenvalue weighted by atomic mass is 32.1. The molecule has 0 radical (unpaired) electrons. The summed E-state index contributed by atoms with van der Waals surface area (Å²) in [7, 11) is 0. The van der Waals surface area contributed by atoms with Gasteiger partial charge in [0, 0.05) is 25.4 Å². The van der Waals surface area contributed by atoms with Crippen molar-refractivity contribution in [3.8, 4) is 10.6 Å². The van der Waals surface area contributed by atoms with E-state index in [1.54, 1.807) is 4.90 Å². The number of likely N-dealkylation sites (tertiary alicyclic amines) is 1. The van der Waals surface area contributed by atoms with E-state index in [0.29, 0.717) is 35.3 Å². The Bertz CT molecular complexity index is 755. The number of hydrogen-bond donors (Lipinski definition) is 2. The van der Waals surface area contributed by atoms with Gasteiger partial charge in [-0.3, -0.25) is 9.59 Å². The SMILES string of the molecule is CC(=O)Nc1nc(C)c(-c2csc(C(=O)N3CCC(O)C3)n2)s1. The van der Waals surface area contributed by atoms with Gasteiger partial charge in [-0.25, -0.2) is 9.97 Å². The number of aliphatic hydroxyl groups excluding tert-OH is 1. The Labute approximate surface area is 141 Å². The summed E-state index contributed by atoms with van der Waals surface area (Å²) in [6.07, 6.45) is 0.167. The predicted octanol–water partition coefficient (Wildman–Crippen LogP) is 1.74. The van der Waals surface area contributed by atoms with Crippen molar-refractivity contribution in [3.05, 3.63) is 16.1 Å². The first-order chi connectivity index (χ1) is 10.9. The first-order valence-electron chi connectivity index (χ1n) is 7.12. The first-order valence-corrected chi connectivity index (χ1v) is 8.82. The van der Waals surface area contributed by atoms with E-state index in [1.165, 1.54) is 29.6 Å². The van der Waals surface area contributed by atoms with E-state index in [9.17, 15) is 14.7 Å². The Morgan fingerprint density at radius 1 is 1.43 bits per heavy atom. The number of carbonyl (C=O) groups is 2. The van der Waals surface area contributed by atoms with Gasteiger partial charge in [0.1, 0.15) is 0 Å². The lowest BCUT2D eigenvalue weighted by molar-refractivity contribution is -0.114. The van der Waals surface area contributed by atoms with Crippen LogP contribution in [0.5, 0.6) is 0 Å². The molecule has 122 valence electrons. The number of nitrogens with zero attached hydrogens (tertiary/aromatic N) is 3. The summed E-state index contributed by atoms with van der Waals surface area (Å²) in [4.78, 5) is 34.6. The molecule has 0 saturated carbocycles. The lowest BCUT2D eigenvalue weighted by Crippen LogP contribution is -2.29. The van der Waals surface area contributed by atoms with Gasteiger partial charge >= 0.3 is 0 Å². The highest BCUT2D eigenvalue weighted by Gasteiger charge is 2.27. The van der Waals surface area contributed by atoms with Crippen molar-refractivity contribution in [2.75, 3.05) is 18.4 Å². The normalized spacial score (nSPS) is 17.5. The maximum atomic E-state index is 12.4. The van der Waals surface area contributed by atoms with E-state index < -0.39 is 6.10 Å². The van der Waals surface area contributed by atoms with E-state index in [-0.39, 0.29) is 11.8 Å². The Morgan fingerprint density at radius 3 is 2.87 bits per heavy atom. The largest absolute Gasteiger partial charge is 0.391 e. The first kappa shape index (κ1) is 16.0. The van der Waals surface area contributed by atoms with Gasteiger partial charge in [-0.05, 0) is 13.3 Å². The van der Waals surface area contributed by atoms with Gasteiger partial charge in [0.15, 0.2) is 10.1 Å². The minimum absolute atomic E-state index is 0.151. The van der Waals surface area contributed by atoms with E-state index in [4.69, 9.17) is 0 Å². The number of hydrogen-bond acceptors (Lipinski definition) is 7. The number of nitrogens with one attached hydrogen (secondary N) is 1. The zero-order valence-electron chi connectivity index (χ0n) is 12.7. The van der Waals surface area contributed by atoms with Crippen LogP contribution >= 0.6 is 22.7 Å². The van der Waals surface area contributed by atoms with E-state index >= 15 is 0 Å². The molecule has 1 atom stereocenters. The highest BCUT2D eigenvalue weighted by Crippen LogP contribution is 2.33. The van der Waals surface area contributed by atoms with Gasteiger partial charge < -0.3 is 15.3 Å². The van der Waals surface area contributed by atoms with E-state index in [2.05, 4.69) is 15.3 Å². The fourth-order valence-electron chi connectivity index (χ4n) is 2.38. The number of amides is 2. The Morgan fingerprint density at radius 2 is 2.22 bits per heavy atom. The summed E-state index contributed by atoms with van der Waals surface area (Å²) < 4.78 is 0. The fraction of sp³-hybridized carbons (Fsp3) is 0.429. The zero-order valence-corrected chi connectivity index (χ0v) is 14.3. The van der Waals surface area contributed by atoms with Crippen LogP contribution in [0.4, 0.5) is 5.13 Å². The zero-order chi connectivity index (χ0) is 16.6. The summed E-state index contributed by atoms with van der Waals surface area (Å²) in [5.74, 6) is -0.325. The van der Waals surface area contributed by atoms with Gasteiger partial charge in [-0.1, -0.05) is 11.3 Å². The number of aliphatic hydroxyl groups is 1. The van der Waals surface area contributed by atoms with Crippen LogP contribution in [-0.2, 0) is 4.79 Å². The Kier molecular flexibility index (Phi) is 4.42. The fourth-order valence-corrected chi connectivity index (χ4v) is 4.20. The maximum Gasteiger partial charge on any atom is 0.282 e. The second-order valence-corrected chi connectivity index (χ2v) is 7.20. The maximum absolute atomic E-state index is 12.4. The van der Waals surface area contributed by atoms with Gasteiger partial charge in [-0.15, -0.1) is 11.3 Å². The molecular formula is C14H16N4O3S2. The van der Waals surface area contributed by atoms with Crippen molar-refractivity contribution < 1.29 is 14.7 Å². The lowest BCUT2D eigenvalue weighted by Gasteiger charge is -2.12. The third-order valence-corrected chi connectivity index (χ3v) is 5.38. The third-order valence-electron chi connectivity index (χ3n) is 3.45. The molecule has 0 aromatic carbocycles. The summed E-state index contributed by atoms with van der Waals surface area (Å²) in [6, 6.07) is 0. The Balaban J connectivity index is 1.80. The van der Waals surface area contributed by atoms with Crippen LogP contribution in [0.2, 0.25) is 0 Å². The molecule has 2 amide bonds. The molecule has 0 spiro atoms. The molecule has 2 N–H and O–H groups in total. The monoisotopic (exact) mass is 352 g/mol. The number of thiazole rings is 2. The molecule has 2 aromatic rings. The molecule has 23 heavy (non-hydrogen) atoms. The van der Waals surface area contributed by atoms with Crippen molar-refractivity contribution in [2.24, 2.45) is 0 Å². The number of carbonyl (C=O) groups excluding carboxylic acids is 2. The number of β-amino-alcohol motifs (C(OH)–C–C–N with tert-alkyl or cyclic N) is 1.